The number of thioether (sulfide) groups is 1. The minimum Gasteiger partial charge on any atom is -0.325 e. The molecule has 4 rings (SSSR count). The third-order valence-electron chi connectivity index (χ3n) is 5.00. The van der Waals surface area contributed by atoms with Crippen molar-refractivity contribution < 1.29 is 4.79 Å². The Hall–Kier alpha value is -2.77. The van der Waals surface area contributed by atoms with Crippen molar-refractivity contribution in [2.75, 3.05) is 11.1 Å². The summed E-state index contributed by atoms with van der Waals surface area (Å²) in [5.74, 6) is 0.182. The van der Waals surface area contributed by atoms with Crippen LogP contribution in [0, 0.1) is 34.6 Å². The normalized spacial score (nSPS) is 11.1. The van der Waals surface area contributed by atoms with Gasteiger partial charge in [-0.2, -0.15) is 0 Å². The number of hydrogen-bond donors (Lipinski definition) is 1. The summed E-state index contributed by atoms with van der Waals surface area (Å²) in [6.45, 7) is 10.1. The first-order chi connectivity index (χ1) is 14.8. The zero-order chi connectivity index (χ0) is 22.1. The van der Waals surface area contributed by atoms with E-state index in [2.05, 4.69) is 70.7 Å². The SMILES string of the molecule is Cc1ccc(-c2nnc(SCC(=O)Nc3c(C)cc(C)cc3C)c3nc(C)sc23)cc1. The molecule has 0 aliphatic heterocycles. The third-order valence-corrected chi connectivity index (χ3v) is 6.93. The van der Waals surface area contributed by atoms with E-state index < -0.39 is 0 Å². The van der Waals surface area contributed by atoms with Crippen molar-refractivity contribution >= 4 is 44.9 Å². The number of fused-ring (bicyclic) bond motifs is 1. The maximum absolute atomic E-state index is 12.6. The van der Waals surface area contributed by atoms with Crippen molar-refractivity contribution in [2.24, 2.45) is 0 Å². The topological polar surface area (TPSA) is 67.8 Å². The van der Waals surface area contributed by atoms with Crippen molar-refractivity contribution in [1.29, 1.82) is 0 Å². The molecule has 1 N–H and O–H groups in total. The minimum atomic E-state index is -0.0652. The van der Waals surface area contributed by atoms with E-state index in [0.29, 0.717) is 5.03 Å². The van der Waals surface area contributed by atoms with Crippen LogP contribution in [-0.4, -0.2) is 26.8 Å². The number of aromatic nitrogens is 3. The predicted octanol–water partition coefficient (Wildman–Crippen LogP) is 6.03. The molecule has 5 nitrogen and oxygen atoms in total. The molecule has 2 aromatic heterocycles. The molecule has 0 spiro atoms. The molecule has 0 aliphatic rings. The van der Waals surface area contributed by atoms with Crippen LogP contribution in [0.1, 0.15) is 27.3 Å². The van der Waals surface area contributed by atoms with Crippen molar-refractivity contribution in [1.82, 2.24) is 15.2 Å². The van der Waals surface area contributed by atoms with E-state index in [-0.39, 0.29) is 11.7 Å². The molecule has 0 saturated carbocycles. The number of anilines is 1. The smallest absolute Gasteiger partial charge is 0.234 e. The van der Waals surface area contributed by atoms with Gasteiger partial charge in [0.25, 0.3) is 0 Å². The quantitative estimate of drug-likeness (QED) is 0.378. The molecule has 2 aromatic carbocycles. The molecule has 0 bridgehead atoms. The van der Waals surface area contributed by atoms with Gasteiger partial charge in [-0.1, -0.05) is 59.3 Å². The summed E-state index contributed by atoms with van der Waals surface area (Å²) in [7, 11) is 0. The third kappa shape index (κ3) is 4.62. The van der Waals surface area contributed by atoms with E-state index in [1.165, 1.54) is 22.9 Å². The number of aryl methyl sites for hydroxylation is 5. The van der Waals surface area contributed by atoms with E-state index in [1.807, 2.05) is 20.8 Å². The molecule has 0 fully saturated rings. The van der Waals surface area contributed by atoms with Crippen molar-refractivity contribution in [3.05, 3.63) is 63.7 Å². The van der Waals surface area contributed by atoms with Gasteiger partial charge in [0, 0.05) is 11.3 Å². The Morgan fingerprint density at radius 3 is 2.32 bits per heavy atom. The van der Waals surface area contributed by atoms with Crippen molar-refractivity contribution in [3.63, 3.8) is 0 Å². The summed E-state index contributed by atoms with van der Waals surface area (Å²) >= 11 is 2.98. The largest absolute Gasteiger partial charge is 0.325 e. The van der Waals surface area contributed by atoms with E-state index in [4.69, 9.17) is 0 Å². The highest BCUT2D eigenvalue weighted by Crippen LogP contribution is 2.35. The van der Waals surface area contributed by atoms with Crippen LogP contribution in [0.5, 0.6) is 0 Å². The van der Waals surface area contributed by atoms with Crippen LogP contribution < -0.4 is 5.32 Å². The Labute approximate surface area is 190 Å². The van der Waals surface area contributed by atoms with Crippen molar-refractivity contribution in [3.8, 4) is 11.3 Å². The van der Waals surface area contributed by atoms with Gasteiger partial charge in [-0.25, -0.2) is 4.98 Å². The van der Waals surface area contributed by atoms with Gasteiger partial charge < -0.3 is 5.32 Å². The molecule has 0 atom stereocenters. The van der Waals surface area contributed by atoms with Crippen LogP contribution in [0.2, 0.25) is 0 Å². The Bertz CT molecular complexity index is 1260. The Morgan fingerprint density at radius 2 is 1.65 bits per heavy atom. The molecule has 31 heavy (non-hydrogen) atoms. The Morgan fingerprint density at radius 1 is 0.968 bits per heavy atom. The molecular weight excluding hydrogens is 424 g/mol. The van der Waals surface area contributed by atoms with Gasteiger partial charge in [-0.3, -0.25) is 4.79 Å². The Kier molecular flexibility index (Phi) is 6.07. The molecular formula is C24H24N4OS2. The number of carbonyl (C=O) groups excluding carboxylic acids is 1. The van der Waals surface area contributed by atoms with E-state index in [9.17, 15) is 4.79 Å². The lowest BCUT2D eigenvalue weighted by Gasteiger charge is -2.12. The summed E-state index contributed by atoms with van der Waals surface area (Å²) in [5.41, 5.74) is 8.07. The summed E-state index contributed by atoms with van der Waals surface area (Å²) in [4.78, 5) is 17.3. The lowest BCUT2D eigenvalue weighted by atomic mass is 10.1. The molecule has 0 radical (unpaired) electrons. The van der Waals surface area contributed by atoms with Gasteiger partial charge in [0.15, 0.2) is 0 Å². The molecule has 1 amide bonds. The zero-order valence-corrected chi connectivity index (χ0v) is 19.9. The summed E-state index contributed by atoms with van der Waals surface area (Å²) in [5, 5.41) is 13.6. The molecule has 158 valence electrons. The van der Waals surface area contributed by atoms with E-state index in [1.54, 1.807) is 11.3 Å². The van der Waals surface area contributed by atoms with Crippen molar-refractivity contribution in [2.45, 2.75) is 39.6 Å². The molecule has 0 aliphatic carbocycles. The fraction of sp³-hybridized carbons (Fsp3) is 0.250. The minimum absolute atomic E-state index is 0.0652. The summed E-state index contributed by atoms with van der Waals surface area (Å²) in [6, 6.07) is 12.4. The monoisotopic (exact) mass is 448 g/mol. The number of carbonyl (C=O) groups is 1. The van der Waals surface area contributed by atoms with Gasteiger partial charge >= 0.3 is 0 Å². The average molecular weight is 449 g/mol. The van der Waals surface area contributed by atoms with Crippen LogP contribution in [0.3, 0.4) is 0 Å². The van der Waals surface area contributed by atoms with Gasteiger partial charge in [-0.05, 0) is 45.7 Å². The highest BCUT2D eigenvalue weighted by Gasteiger charge is 2.17. The number of hydrogen-bond acceptors (Lipinski definition) is 6. The van der Waals surface area contributed by atoms with Crippen LogP contribution in [0.4, 0.5) is 5.69 Å². The van der Waals surface area contributed by atoms with Crippen LogP contribution >= 0.6 is 23.1 Å². The average Bonchev–Trinajstić information content (AvgIpc) is 3.11. The molecule has 4 aromatic rings. The highest BCUT2D eigenvalue weighted by molar-refractivity contribution is 8.00. The maximum Gasteiger partial charge on any atom is 0.234 e. The fourth-order valence-electron chi connectivity index (χ4n) is 3.60. The second-order valence-electron chi connectivity index (χ2n) is 7.74. The maximum atomic E-state index is 12.6. The first-order valence-electron chi connectivity index (χ1n) is 10.0. The first kappa shape index (κ1) is 21.5. The lowest BCUT2D eigenvalue weighted by Crippen LogP contribution is -2.16. The van der Waals surface area contributed by atoms with E-state index in [0.717, 1.165) is 43.3 Å². The fourth-order valence-corrected chi connectivity index (χ4v) is 5.32. The van der Waals surface area contributed by atoms with Gasteiger partial charge in [-0.15, -0.1) is 21.5 Å². The number of rotatable bonds is 5. The predicted molar refractivity (Wildman–Crippen MR) is 130 cm³/mol. The molecule has 0 unspecified atom stereocenters. The Balaban J connectivity index is 1.56. The molecule has 7 heteroatoms. The summed E-state index contributed by atoms with van der Waals surface area (Å²) in [6.07, 6.45) is 0. The van der Waals surface area contributed by atoms with Crippen LogP contribution in [0.15, 0.2) is 41.4 Å². The number of benzene rings is 2. The van der Waals surface area contributed by atoms with Gasteiger partial charge in [0.05, 0.1) is 15.5 Å². The van der Waals surface area contributed by atoms with Crippen LogP contribution in [0.25, 0.3) is 21.5 Å². The van der Waals surface area contributed by atoms with E-state index >= 15 is 0 Å². The zero-order valence-electron chi connectivity index (χ0n) is 18.2. The molecule has 2 heterocycles. The number of nitrogens with one attached hydrogen (secondary N) is 1. The van der Waals surface area contributed by atoms with Crippen LogP contribution in [-0.2, 0) is 4.79 Å². The lowest BCUT2D eigenvalue weighted by molar-refractivity contribution is -0.113. The number of thiazole rings is 1. The number of amides is 1. The second kappa shape index (κ2) is 8.77. The number of nitrogens with zero attached hydrogens (tertiary/aromatic N) is 3. The second-order valence-corrected chi connectivity index (χ2v) is 9.91. The summed E-state index contributed by atoms with van der Waals surface area (Å²) < 4.78 is 1.00. The standard InChI is InChI=1S/C24H24N4OS2/c1-13-6-8-18(9-7-13)21-23-22(25-17(5)31-23)24(28-27-21)30-12-19(29)26-20-15(3)10-14(2)11-16(20)4/h6-11H,12H2,1-5H3,(H,26,29). The van der Waals surface area contributed by atoms with Gasteiger partial charge in [0.1, 0.15) is 16.2 Å². The van der Waals surface area contributed by atoms with Gasteiger partial charge in [0.2, 0.25) is 5.91 Å². The first-order valence-corrected chi connectivity index (χ1v) is 11.8. The molecule has 0 saturated heterocycles. The highest BCUT2D eigenvalue weighted by atomic mass is 32.2.